The first kappa shape index (κ1) is 10.4. The minimum absolute atomic E-state index is 1.08. The molecule has 0 heterocycles. The second kappa shape index (κ2) is 4.59. The van der Waals surface area contributed by atoms with Crippen LogP contribution in [0, 0.1) is 0 Å². The van der Waals surface area contributed by atoms with E-state index in [1.807, 2.05) is 0 Å². The number of hydrogen-bond donors (Lipinski definition) is 0. The van der Waals surface area contributed by atoms with Crippen molar-refractivity contribution in [3.05, 3.63) is 54.1 Å². The van der Waals surface area contributed by atoms with Gasteiger partial charge in [0.2, 0.25) is 0 Å². The Kier molecular flexibility index (Phi) is 3.18. The van der Waals surface area contributed by atoms with E-state index in [0.29, 0.717) is 0 Å². The zero-order valence-corrected chi connectivity index (χ0v) is 10.1. The number of benzene rings is 2. The Morgan fingerprint density at radius 3 is 2.27 bits per heavy atom. The molecule has 0 amide bonds. The van der Waals surface area contributed by atoms with E-state index in [0.717, 1.165) is 6.42 Å². The van der Waals surface area contributed by atoms with Crippen LogP contribution in [0.1, 0.15) is 12.5 Å². The van der Waals surface area contributed by atoms with E-state index in [1.165, 1.54) is 22.0 Å². The van der Waals surface area contributed by atoms with Gasteiger partial charge in [-0.05, 0) is 28.4 Å². The molecule has 2 aromatic rings. The summed E-state index contributed by atoms with van der Waals surface area (Å²) in [6, 6.07) is 17.2. The monoisotopic (exact) mass is 214 g/mol. The van der Waals surface area contributed by atoms with E-state index in [9.17, 15) is 0 Å². The summed E-state index contributed by atoms with van der Waals surface area (Å²) in [5.74, 6) is 0. The lowest BCUT2D eigenvalue weighted by molar-refractivity contribution is 1.14. The second-order valence-corrected chi connectivity index (χ2v) is 4.30. The average molecular weight is 214 g/mol. The van der Waals surface area contributed by atoms with E-state index in [-0.39, 0.29) is 0 Å². The van der Waals surface area contributed by atoms with Gasteiger partial charge in [-0.2, -0.15) is 0 Å². The molecule has 0 spiro atoms. The Hall–Kier alpha value is -1.13. The summed E-state index contributed by atoms with van der Waals surface area (Å²) < 4.78 is 0. The van der Waals surface area contributed by atoms with Gasteiger partial charge >= 0.3 is 0 Å². The van der Waals surface area contributed by atoms with Gasteiger partial charge in [0.05, 0.1) is 0 Å². The molecule has 2 rings (SSSR count). The molecule has 0 aliphatic carbocycles. The molecule has 1 unspecified atom stereocenters. The van der Waals surface area contributed by atoms with Crippen molar-refractivity contribution < 1.29 is 0 Å². The second-order valence-electron chi connectivity index (χ2n) is 3.63. The van der Waals surface area contributed by atoms with E-state index in [1.54, 1.807) is 0 Å². The van der Waals surface area contributed by atoms with E-state index >= 15 is 0 Å². The third-order valence-corrected chi connectivity index (χ3v) is 3.00. The Bertz CT molecular complexity index is 443. The third kappa shape index (κ3) is 2.27. The first-order valence-electron chi connectivity index (χ1n) is 5.25. The van der Waals surface area contributed by atoms with Crippen molar-refractivity contribution in [1.29, 1.82) is 0 Å². The van der Waals surface area contributed by atoms with Gasteiger partial charge in [0.1, 0.15) is 0 Å². The van der Waals surface area contributed by atoms with Crippen LogP contribution in [0.5, 0.6) is 0 Å². The normalized spacial score (nSPS) is 10.3. The van der Waals surface area contributed by atoms with Crippen molar-refractivity contribution in [3.63, 3.8) is 0 Å². The quantitative estimate of drug-likeness (QED) is 0.672. The van der Waals surface area contributed by atoms with E-state index < -0.39 is 0 Å². The van der Waals surface area contributed by atoms with Crippen LogP contribution in [-0.4, -0.2) is 0 Å². The molecular formula is C14H15P. The van der Waals surface area contributed by atoms with Gasteiger partial charge in [0, 0.05) is 0 Å². The first-order chi connectivity index (χ1) is 7.31. The summed E-state index contributed by atoms with van der Waals surface area (Å²) in [5, 5.41) is 1.23. The van der Waals surface area contributed by atoms with Crippen LogP contribution >= 0.6 is 9.24 Å². The Morgan fingerprint density at radius 1 is 0.933 bits per heavy atom. The van der Waals surface area contributed by atoms with Crippen LogP contribution in [0.25, 0.3) is 11.1 Å². The fraction of sp³-hybridized carbons (Fsp3) is 0.143. The predicted octanol–water partition coefficient (Wildman–Crippen LogP) is 3.42. The predicted molar refractivity (Wildman–Crippen MR) is 70.6 cm³/mol. The summed E-state index contributed by atoms with van der Waals surface area (Å²) in [7, 11) is 2.71. The summed E-state index contributed by atoms with van der Waals surface area (Å²) in [6.45, 7) is 2.20. The molecule has 76 valence electrons. The van der Waals surface area contributed by atoms with Crippen LogP contribution in [0.15, 0.2) is 48.5 Å². The topological polar surface area (TPSA) is 0 Å². The van der Waals surface area contributed by atoms with E-state index in [2.05, 4.69) is 64.7 Å². The maximum atomic E-state index is 2.71. The number of rotatable bonds is 2. The minimum atomic E-state index is 1.08. The molecule has 0 aliphatic rings. The summed E-state index contributed by atoms with van der Waals surface area (Å²) in [6.07, 6.45) is 1.08. The molecule has 15 heavy (non-hydrogen) atoms. The SMILES string of the molecule is CCc1ccccc1-c1ccc(P)cc1. The van der Waals surface area contributed by atoms with Gasteiger partial charge in [-0.3, -0.25) is 0 Å². The van der Waals surface area contributed by atoms with Crippen molar-refractivity contribution in [3.8, 4) is 11.1 Å². The molecule has 2 aromatic carbocycles. The molecule has 0 aliphatic heterocycles. The van der Waals surface area contributed by atoms with Gasteiger partial charge in [0.15, 0.2) is 0 Å². The Labute approximate surface area is 93.5 Å². The fourth-order valence-electron chi connectivity index (χ4n) is 1.77. The van der Waals surface area contributed by atoms with Gasteiger partial charge in [-0.15, -0.1) is 9.24 Å². The minimum Gasteiger partial charge on any atom is -0.106 e. The Morgan fingerprint density at radius 2 is 1.60 bits per heavy atom. The third-order valence-electron chi connectivity index (χ3n) is 2.62. The lowest BCUT2D eigenvalue weighted by atomic mass is 9.98. The molecule has 0 radical (unpaired) electrons. The fourth-order valence-corrected chi connectivity index (χ4v) is 1.97. The molecule has 1 atom stereocenters. The van der Waals surface area contributed by atoms with Gasteiger partial charge in [-0.1, -0.05) is 55.5 Å². The average Bonchev–Trinajstić information content (AvgIpc) is 2.30. The van der Waals surface area contributed by atoms with Crippen molar-refractivity contribution in [2.75, 3.05) is 0 Å². The van der Waals surface area contributed by atoms with Crippen molar-refractivity contribution in [1.82, 2.24) is 0 Å². The molecule has 0 aromatic heterocycles. The van der Waals surface area contributed by atoms with Gasteiger partial charge < -0.3 is 0 Å². The highest BCUT2D eigenvalue weighted by molar-refractivity contribution is 7.27. The van der Waals surface area contributed by atoms with E-state index in [4.69, 9.17) is 0 Å². The summed E-state index contributed by atoms with van der Waals surface area (Å²) >= 11 is 0. The van der Waals surface area contributed by atoms with Crippen LogP contribution < -0.4 is 5.30 Å². The lowest BCUT2D eigenvalue weighted by Gasteiger charge is -2.07. The highest BCUT2D eigenvalue weighted by Gasteiger charge is 2.01. The zero-order chi connectivity index (χ0) is 10.7. The summed E-state index contributed by atoms with van der Waals surface area (Å²) in [5.41, 5.74) is 4.07. The molecule has 1 heteroatoms. The van der Waals surface area contributed by atoms with Crippen molar-refractivity contribution in [2.45, 2.75) is 13.3 Å². The van der Waals surface area contributed by atoms with Crippen LogP contribution in [-0.2, 0) is 6.42 Å². The van der Waals surface area contributed by atoms with Crippen LogP contribution in [0.2, 0.25) is 0 Å². The van der Waals surface area contributed by atoms with Crippen molar-refractivity contribution >= 4 is 14.5 Å². The smallest absolute Gasteiger partial charge is 0.0152 e. The maximum Gasteiger partial charge on any atom is -0.0152 e. The molecule has 0 fully saturated rings. The molecule has 0 saturated heterocycles. The van der Waals surface area contributed by atoms with Crippen LogP contribution in [0.3, 0.4) is 0 Å². The highest BCUT2D eigenvalue weighted by Crippen LogP contribution is 2.23. The molecule has 0 N–H and O–H groups in total. The standard InChI is InChI=1S/C14H15P/c1-2-11-5-3-4-6-14(11)12-7-9-13(15)10-8-12/h3-10H,2,15H2,1H3. The molecule has 0 bridgehead atoms. The highest BCUT2D eigenvalue weighted by atomic mass is 31.0. The first-order valence-corrected chi connectivity index (χ1v) is 5.83. The zero-order valence-electron chi connectivity index (χ0n) is 8.90. The number of aryl methyl sites for hydroxylation is 1. The Balaban J connectivity index is 2.49. The molecule has 0 saturated carbocycles. The van der Waals surface area contributed by atoms with Crippen LogP contribution in [0.4, 0.5) is 0 Å². The van der Waals surface area contributed by atoms with Gasteiger partial charge in [-0.25, -0.2) is 0 Å². The maximum absolute atomic E-state index is 2.71. The summed E-state index contributed by atoms with van der Waals surface area (Å²) in [4.78, 5) is 0. The van der Waals surface area contributed by atoms with Crippen molar-refractivity contribution in [2.24, 2.45) is 0 Å². The number of hydrogen-bond acceptors (Lipinski definition) is 0. The molecule has 0 nitrogen and oxygen atoms in total. The molecular weight excluding hydrogens is 199 g/mol. The van der Waals surface area contributed by atoms with Gasteiger partial charge in [0.25, 0.3) is 0 Å². The lowest BCUT2D eigenvalue weighted by Crippen LogP contribution is -1.90. The largest absolute Gasteiger partial charge is 0.106 e.